The molecule has 0 aliphatic rings. The molecule has 34 heavy (non-hydrogen) atoms. The van der Waals surface area contributed by atoms with Gasteiger partial charge in [0.1, 0.15) is 0 Å². The van der Waals surface area contributed by atoms with Crippen molar-refractivity contribution in [3.05, 3.63) is 100 Å². The predicted molar refractivity (Wildman–Crippen MR) is 132 cm³/mol. The second-order valence-electron chi connectivity index (χ2n) is 7.80. The maximum atomic E-state index is 14.0. The summed E-state index contributed by atoms with van der Waals surface area (Å²) in [5, 5.41) is 1.01. The first-order chi connectivity index (χ1) is 16.5. The van der Waals surface area contributed by atoms with Crippen LogP contribution in [0.1, 0.15) is 11.1 Å². The third-order valence-corrected chi connectivity index (χ3v) is 6.36. The molecule has 0 N–H and O–H groups in total. The summed E-state index contributed by atoms with van der Waals surface area (Å²) in [5.41, 5.74) is 2.07. The van der Waals surface area contributed by atoms with Crippen LogP contribution in [0.4, 0.5) is 4.39 Å². The molecule has 4 aromatic rings. The van der Waals surface area contributed by atoms with Gasteiger partial charge in [-0.25, -0.2) is 9.37 Å². The summed E-state index contributed by atoms with van der Waals surface area (Å²) in [4.78, 5) is 32.2. The summed E-state index contributed by atoms with van der Waals surface area (Å²) >= 11 is 1.22. The van der Waals surface area contributed by atoms with Crippen molar-refractivity contribution in [2.24, 2.45) is 0 Å². The summed E-state index contributed by atoms with van der Waals surface area (Å²) in [5.74, 6) is -0.378. The Morgan fingerprint density at radius 3 is 2.53 bits per heavy atom. The number of benzene rings is 3. The van der Waals surface area contributed by atoms with Crippen LogP contribution in [0.5, 0.6) is 5.75 Å². The van der Waals surface area contributed by atoms with E-state index in [0.29, 0.717) is 28.2 Å². The van der Waals surface area contributed by atoms with Gasteiger partial charge in [-0.2, -0.15) is 0 Å². The molecule has 6 nitrogen and oxygen atoms in total. The van der Waals surface area contributed by atoms with Crippen molar-refractivity contribution in [1.82, 2.24) is 14.5 Å². The normalized spacial score (nSPS) is 10.9. The number of halogens is 1. The first-order valence-corrected chi connectivity index (χ1v) is 11.7. The molecule has 1 heterocycles. The zero-order chi connectivity index (χ0) is 24.1. The minimum Gasteiger partial charge on any atom is -0.494 e. The third kappa shape index (κ3) is 5.28. The summed E-state index contributed by atoms with van der Waals surface area (Å²) in [6.45, 7) is 0.608. The number of thioether (sulfide) groups is 1. The van der Waals surface area contributed by atoms with Crippen molar-refractivity contribution in [2.45, 2.75) is 18.2 Å². The molecule has 0 unspecified atom stereocenters. The molecule has 0 spiro atoms. The zero-order valence-corrected chi connectivity index (χ0v) is 19.7. The van der Waals surface area contributed by atoms with Gasteiger partial charge >= 0.3 is 0 Å². The number of rotatable bonds is 8. The molecule has 1 amide bonds. The maximum absolute atomic E-state index is 14.0. The highest BCUT2D eigenvalue weighted by atomic mass is 32.2. The van der Waals surface area contributed by atoms with Crippen LogP contribution in [-0.4, -0.2) is 40.3 Å². The van der Waals surface area contributed by atoms with Gasteiger partial charge < -0.3 is 9.64 Å². The number of amides is 1. The quantitative estimate of drug-likeness (QED) is 0.279. The first-order valence-electron chi connectivity index (χ1n) is 10.7. The number of para-hydroxylation sites is 1. The van der Waals surface area contributed by atoms with Crippen LogP contribution >= 0.6 is 11.8 Å². The molecule has 8 heteroatoms. The fraction of sp³-hybridized carbons (Fsp3) is 0.192. The van der Waals surface area contributed by atoms with E-state index in [0.717, 1.165) is 5.56 Å². The zero-order valence-electron chi connectivity index (χ0n) is 18.9. The summed E-state index contributed by atoms with van der Waals surface area (Å²) in [7, 11) is 3.07. The van der Waals surface area contributed by atoms with E-state index in [2.05, 4.69) is 4.98 Å². The van der Waals surface area contributed by atoms with Crippen molar-refractivity contribution in [2.75, 3.05) is 19.9 Å². The molecule has 174 valence electrons. The summed E-state index contributed by atoms with van der Waals surface area (Å²) in [6.07, 6.45) is 0. The van der Waals surface area contributed by atoms with Crippen LogP contribution in [-0.2, 0) is 17.9 Å². The van der Waals surface area contributed by atoms with E-state index in [4.69, 9.17) is 4.74 Å². The Bertz CT molecular complexity index is 1380. The molecular weight excluding hydrogens is 453 g/mol. The SMILES string of the molecule is COc1ccc(CN(C)C(=O)CSc2nc3ccccc3c(=O)n2Cc2ccccc2)cc1F. The topological polar surface area (TPSA) is 64.4 Å². The van der Waals surface area contributed by atoms with Crippen LogP contribution in [0.15, 0.2) is 82.7 Å². The number of fused-ring (bicyclic) bond motifs is 1. The van der Waals surface area contributed by atoms with E-state index in [1.807, 2.05) is 42.5 Å². The largest absolute Gasteiger partial charge is 0.494 e. The van der Waals surface area contributed by atoms with Crippen LogP contribution in [0.3, 0.4) is 0 Å². The molecule has 0 atom stereocenters. The maximum Gasteiger partial charge on any atom is 0.262 e. The predicted octanol–water partition coefficient (Wildman–Crippen LogP) is 4.34. The van der Waals surface area contributed by atoms with E-state index in [-0.39, 0.29) is 29.5 Å². The lowest BCUT2D eigenvalue weighted by molar-refractivity contribution is -0.127. The number of aromatic nitrogens is 2. The van der Waals surface area contributed by atoms with Gasteiger partial charge in [0.2, 0.25) is 5.91 Å². The fourth-order valence-corrected chi connectivity index (χ4v) is 4.51. The fourth-order valence-electron chi connectivity index (χ4n) is 3.57. The molecule has 0 fully saturated rings. The summed E-state index contributed by atoms with van der Waals surface area (Å²) in [6, 6.07) is 21.5. The monoisotopic (exact) mass is 477 g/mol. The number of carbonyl (C=O) groups excluding carboxylic acids is 1. The lowest BCUT2D eigenvalue weighted by Crippen LogP contribution is -2.29. The van der Waals surface area contributed by atoms with Crippen LogP contribution in [0.2, 0.25) is 0 Å². The van der Waals surface area contributed by atoms with Crippen LogP contribution in [0.25, 0.3) is 10.9 Å². The van der Waals surface area contributed by atoms with E-state index in [1.165, 1.54) is 29.8 Å². The van der Waals surface area contributed by atoms with E-state index >= 15 is 0 Å². The van der Waals surface area contributed by atoms with E-state index in [1.54, 1.807) is 35.9 Å². The highest BCUT2D eigenvalue weighted by molar-refractivity contribution is 7.99. The van der Waals surface area contributed by atoms with E-state index < -0.39 is 5.82 Å². The minimum atomic E-state index is -0.472. The average Bonchev–Trinajstić information content (AvgIpc) is 2.85. The molecule has 3 aromatic carbocycles. The van der Waals surface area contributed by atoms with Crippen molar-refractivity contribution < 1.29 is 13.9 Å². The number of nitrogens with zero attached hydrogens (tertiary/aromatic N) is 3. The van der Waals surface area contributed by atoms with Crippen molar-refractivity contribution in [1.29, 1.82) is 0 Å². The highest BCUT2D eigenvalue weighted by Gasteiger charge is 2.16. The molecule has 4 rings (SSSR count). The number of methoxy groups -OCH3 is 1. The Balaban J connectivity index is 1.53. The van der Waals surface area contributed by atoms with Crippen molar-refractivity contribution >= 4 is 28.6 Å². The smallest absolute Gasteiger partial charge is 0.262 e. The number of carbonyl (C=O) groups is 1. The molecule has 0 aliphatic carbocycles. The molecule has 0 bridgehead atoms. The Kier molecular flexibility index (Phi) is 7.27. The Hall–Kier alpha value is -3.65. The van der Waals surface area contributed by atoms with Crippen LogP contribution < -0.4 is 10.3 Å². The number of hydrogen-bond donors (Lipinski definition) is 0. The standard InChI is InChI=1S/C26H24FN3O3S/c1-29(15-19-12-13-23(33-2)21(27)14-19)24(31)17-34-26-28-22-11-7-6-10-20(22)25(32)30(26)16-18-8-4-3-5-9-18/h3-14H,15-17H2,1-2H3. The van der Waals surface area contributed by atoms with Crippen LogP contribution in [0, 0.1) is 5.82 Å². The molecule has 0 radical (unpaired) electrons. The Morgan fingerprint density at radius 2 is 1.79 bits per heavy atom. The minimum absolute atomic E-state index is 0.0920. The number of hydrogen-bond acceptors (Lipinski definition) is 5. The van der Waals surface area contributed by atoms with Gasteiger partial charge in [-0.15, -0.1) is 0 Å². The molecule has 0 saturated carbocycles. The van der Waals surface area contributed by atoms with Gasteiger partial charge in [-0.1, -0.05) is 60.3 Å². The second kappa shape index (κ2) is 10.5. The van der Waals surface area contributed by atoms with Gasteiger partial charge in [0.05, 0.1) is 30.3 Å². The third-order valence-electron chi connectivity index (χ3n) is 5.40. The van der Waals surface area contributed by atoms with Gasteiger partial charge in [-0.05, 0) is 35.4 Å². The number of ether oxygens (including phenoxy) is 1. The Morgan fingerprint density at radius 1 is 1.06 bits per heavy atom. The van der Waals surface area contributed by atoms with Crippen molar-refractivity contribution in [3.8, 4) is 5.75 Å². The van der Waals surface area contributed by atoms with Gasteiger partial charge in [-0.3, -0.25) is 14.2 Å². The van der Waals surface area contributed by atoms with Gasteiger partial charge in [0, 0.05) is 13.6 Å². The second-order valence-corrected chi connectivity index (χ2v) is 8.74. The molecular formula is C26H24FN3O3S. The van der Waals surface area contributed by atoms with Crippen molar-refractivity contribution in [3.63, 3.8) is 0 Å². The summed E-state index contributed by atoms with van der Waals surface area (Å²) < 4.78 is 20.5. The van der Waals surface area contributed by atoms with E-state index in [9.17, 15) is 14.0 Å². The Labute approximate surface area is 201 Å². The molecule has 0 saturated heterocycles. The van der Waals surface area contributed by atoms with Gasteiger partial charge in [0.25, 0.3) is 5.56 Å². The lowest BCUT2D eigenvalue weighted by Gasteiger charge is -2.18. The molecule has 1 aromatic heterocycles. The first kappa shape index (κ1) is 23.5. The lowest BCUT2D eigenvalue weighted by atomic mass is 10.2. The average molecular weight is 478 g/mol. The van der Waals surface area contributed by atoms with Gasteiger partial charge in [0.15, 0.2) is 16.7 Å². The molecule has 0 aliphatic heterocycles. The highest BCUT2D eigenvalue weighted by Crippen LogP contribution is 2.21.